The van der Waals surface area contributed by atoms with E-state index in [4.69, 9.17) is 23.2 Å². The van der Waals surface area contributed by atoms with Crippen LogP contribution in [0.3, 0.4) is 0 Å². The minimum Gasteiger partial charge on any atom is -0.393 e. The third-order valence-electron chi connectivity index (χ3n) is 2.59. The highest BCUT2D eigenvalue weighted by molar-refractivity contribution is 6.67. The first-order valence-electron chi connectivity index (χ1n) is 5.58. The van der Waals surface area contributed by atoms with Crippen LogP contribution < -0.4 is 11.6 Å². The summed E-state index contributed by atoms with van der Waals surface area (Å²) >= 11 is 5.28. The molecule has 0 saturated carbocycles. The van der Waals surface area contributed by atoms with E-state index in [-0.39, 0.29) is 5.70 Å². The first-order valence-corrected chi connectivity index (χ1v) is 5.96. The molecule has 0 aliphatic carbocycles. The van der Waals surface area contributed by atoms with Crippen molar-refractivity contribution < 1.29 is 4.79 Å². The molecule has 94 valence electrons. The number of hydrazine groups is 1. The fraction of sp³-hybridized carbons (Fsp3) is 0.727. The average molecular weight is 248 g/mol. The lowest BCUT2D eigenvalue weighted by Gasteiger charge is -2.24. The number of unbranched alkanes of at least 4 members (excludes halogenated alkanes) is 1. The van der Waals surface area contributed by atoms with Crippen LogP contribution in [0.2, 0.25) is 0 Å². The van der Waals surface area contributed by atoms with Gasteiger partial charge in [-0.2, -0.15) is 0 Å². The van der Waals surface area contributed by atoms with Gasteiger partial charge in [0.1, 0.15) is 5.70 Å². The molecule has 16 heavy (non-hydrogen) atoms. The molecule has 0 aromatic heterocycles. The molecule has 1 unspecified atom stereocenters. The number of nitrogens with two attached hydrogens (primary N) is 2. The van der Waals surface area contributed by atoms with E-state index in [1.54, 1.807) is 6.92 Å². The average Bonchev–Trinajstić information content (AvgIpc) is 2.23. The molecule has 4 N–H and O–H groups in total. The number of carbonyl (C=O) groups is 1. The monoisotopic (exact) mass is 247 g/mol. The Balaban J connectivity index is 4.29. The lowest BCUT2D eigenvalue weighted by molar-refractivity contribution is -0.108. The second-order valence-corrected chi connectivity index (χ2v) is 4.52. The van der Waals surface area contributed by atoms with Crippen LogP contribution in [-0.2, 0) is 4.79 Å². The summed E-state index contributed by atoms with van der Waals surface area (Å²) in [6.07, 6.45) is 3.47. The lowest BCUT2D eigenvalue weighted by Crippen LogP contribution is -2.35. The number of allylic oxidation sites excluding steroid dienone is 2. The third kappa shape index (κ3) is 5.37. The van der Waals surface area contributed by atoms with Crippen LogP contribution in [0.25, 0.3) is 0 Å². The van der Waals surface area contributed by atoms with Gasteiger partial charge in [0, 0.05) is 6.54 Å². The zero-order valence-corrected chi connectivity index (χ0v) is 11.0. The Labute approximate surface area is 103 Å². The molecule has 4 nitrogen and oxygen atoms in total. The Morgan fingerprint density at radius 3 is 2.50 bits per heavy atom. The first-order chi connectivity index (χ1) is 7.40. The summed E-state index contributed by atoms with van der Waals surface area (Å²) in [6, 6.07) is 0. The molecule has 0 aliphatic heterocycles. The molecule has 0 aromatic carbocycles. The molecule has 0 spiro atoms. The fourth-order valence-electron chi connectivity index (χ4n) is 1.41. The lowest BCUT2D eigenvalue weighted by atomic mass is 10.0. The maximum absolute atomic E-state index is 10.8. The van der Waals surface area contributed by atoms with Crippen LogP contribution >= 0.6 is 11.6 Å². The molecule has 0 aliphatic rings. The highest BCUT2D eigenvalue weighted by Gasteiger charge is 2.12. The van der Waals surface area contributed by atoms with Crippen molar-refractivity contribution in [2.45, 2.75) is 40.0 Å². The van der Waals surface area contributed by atoms with Crippen molar-refractivity contribution >= 4 is 16.8 Å². The number of nitrogens with zero attached hydrogens (tertiary/aromatic N) is 1. The summed E-state index contributed by atoms with van der Waals surface area (Å²) in [5.41, 5.74) is 6.06. The van der Waals surface area contributed by atoms with Gasteiger partial charge in [0.2, 0.25) is 0 Å². The minimum atomic E-state index is -0.658. The van der Waals surface area contributed by atoms with Crippen molar-refractivity contribution in [2.24, 2.45) is 17.5 Å². The van der Waals surface area contributed by atoms with Gasteiger partial charge in [-0.3, -0.25) is 4.79 Å². The largest absolute Gasteiger partial charge is 0.393 e. The standard InChI is InChI=1S/C11H22ClN3O/c1-4-5-6-8(2)7-15(14)9(3)10(13)11(12)16/h8H,4-7,13-14H2,1-3H3/b10-9-. The van der Waals surface area contributed by atoms with E-state index in [0.29, 0.717) is 18.2 Å². The number of carbonyl (C=O) groups excluding carboxylic acids is 1. The molecule has 0 amide bonds. The van der Waals surface area contributed by atoms with E-state index >= 15 is 0 Å². The van der Waals surface area contributed by atoms with Gasteiger partial charge in [-0.25, -0.2) is 5.84 Å². The van der Waals surface area contributed by atoms with Crippen molar-refractivity contribution in [1.82, 2.24) is 5.01 Å². The number of rotatable bonds is 7. The van der Waals surface area contributed by atoms with Gasteiger partial charge >= 0.3 is 0 Å². The molecule has 1 atom stereocenters. The quantitative estimate of drug-likeness (QED) is 0.312. The molecule has 5 heteroatoms. The van der Waals surface area contributed by atoms with Gasteiger partial charge in [0.05, 0.1) is 5.70 Å². The topological polar surface area (TPSA) is 72.3 Å². The molecular weight excluding hydrogens is 226 g/mol. The van der Waals surface area contributed by atoms with Crippen LogP contribution in [-0.4, -0.2) is 16.8 Å². The van der Waals surface area contributed by atoms with Gasteiger partial charge < -0.3 is 10.7 Å². The maximum atomic E-state index is 10.8. The zero-order chi connectivity index (χ0) is 12.7. The van der Waals surface area contributed by atoms with Gasteiger partial charge in [-0.05, 0) is 30.9 Å². The fourth-order valence-corrected chi connectivity index (χ4v) is 1.55. The summed E-state index contributed by atoms with van der Waals surface area (Å²) in [5.74, 6) is 6.28. The van der Waals surface area contributed by atoms with Crippen molar-refractivity contribution in [3.63, 3.8) is 0 Å². The SMILES string of the molecule is CCCCC(C)CN(N)/C(C)=C(\N)C(=O)Cl. The molecule has 0 fully saturated rings. The Morgan fingerprint density at radius 1 is 1.50 bits per heavy atom. The van der Waals surface area contributed by atoms with Gasteiger partial charge in [0.25, 0.3) is 5.24 Å². The Hall–Kier alpha value is -0.740. The van der Waals surface area contributed by atoms with Gasteiger partial charge in [-0.1, -0.05) is 26.7 Å². The molecule has 0 bridgehead atoms. The number of halogens is 1. The van der Waals surface area contributed by atoms with E-state index in [1.165, 1.54) is 17.9 Å². The summed E-state index contributed by atoms with van der Waals surface area (Å²) in [5, 5.41) is 0.838. The predicted molar refractivity (Wildman–Crippen MR) is 67.3 cm³/mol. The Bertz CT molecular complexity index is 266. The molecular formula is C11H22ClN3O. The second-order valence-electron chi connectivity index (χ2n) is 4.17. The maximum Gasteiger partial charge on any atom is 0.269 e. The smallest absolute Gasteiger partial charge is 0.269 e. The molecule has 0 rings (SSSR count). The molecule has 0 saturated heterocycles. The van der Waals surface area contributed by atoms with E-state index in [2.05, 4.69) is 13.8 Å². The molecule has 0 heterocycles. The summed E-state index contributed by atoms with van der Waals surface area (Å²) in [4.78, 5) is 10.8. The second kappa shape index (κ2) is 7.52. The van der Waals surface area contributed by atoms with Crippen molar-refractivity contribution in [1.29, 1.82) is 0 Å². The summed E-state index contributed by atoms with van der Waals surface area (Å²) < 4.78 is 0. The van der Waals surface area contributed by atoms with Crippen LogP contribution in [0.5, 0.6) is 0 Å². The minimum absolute atomic E-state index is 0.0202. The van der Waals surface area contributed by atoms with Gasteiger partial charge in [-0.15, -0.1) is 0 Å². The van der Waals surface area contributed by atoms with Crippen LogP contribution in [0.4, 0.5) is 0 Å². The van der Waals surface area contributed by atoms with E-state index < -0.39 is 5.24 Å². The van der Waals surface area contributed by atoms with Crippen LogP contribution in [0, 0.1) is 5.92 Å². The van der Waals surface area contributed by atoms with Crippen molar-refractivity contribution in [2.75, 3.05) is 6.54 Å². The Morgan fingerprint density at radius 2 is 2.06 bits per heavy atom. The highest BCUT2D eigenvalue weighted by Crippen LogP contribution is 2.12. The highest BCUT2D eigenvalue weighted by atomic mass is 35.5. The van der Waals surface area contributed by atoms with E-state index in [9.17, 15) is 4.79 Å². The number of hydrogen-bond acceptors (Lipinski definition) is 4. The summed E-state index contributed by atoms with van der Waals surface area (Å²) in [6.45, 7) is 6.66. The van der Waals surface area contributed by atoms with E-state index in [0.717, 1.165) is 6.42 Å². The van der Waals surface area contributed by atoms with Gasteiger partial charge in [0.15, 0.2) is 0 Å². The predicted octanol–water partition coefficient (Wildman–Crippen LogP) is 1.94. The van der Waals surface area contributed by atoms with Crippen molar-refractivity contribution in [3.8, 4) is 0 Å². The number of hydrogen-bond donors (Lipinski definition) is 2. The molecule has 0 radical (unpaired) electrons. The zero-order valence-electron chi connectivity index (χ0n) is 10.3. The Kier molecular flexibility index (Phi) is 7.17. The van der Waals surface area contributed by atoms with Crippen LogP contribution in [0.1, 0.15) is 40.0 Å². The third-order valence-corrected chi connectivity index (χ3v) is 2.79. The van der Waals surface area contributed by atoms with E-state index in [1.807, 2.05) is 0 Å². The van der Waals surface area contributed by atoms with Crippen LogP contribution in [0.15, 0.2) is 11.4 Å². The summed E-state index contributed by atoms with van der Waals surface area (Å²) in [7, 11) is 0. The molecule has 0 aromatic rings. The normalized spacial score (nSPS) is 14.3. The van der Waals surface area contributed by atoms with Crippen molar-refractivity contribution in [3.05, 3.63) is 11.4 Å². The first kappa shape index (κ1) is 15.3.